The van der Waals surface area contributed by atoms with Crippen LogP contribution in [0.15, 0.2) is 46.1 Å². The molecule has 1 aliphatic heterocycles. The fourth-order valence-corrected chi connectivity index (χ4v) is 5.07. The zero-order valence-electron chi connectivity index (χ0n) is 12.5. The Balaban J connectivity index is 1.88. The Morgan fingerprint density at radius 1 is 1.38 bits per heavy atom. The van der Waals surface area contributed by atoms with Crippen molar-refractivity contribution in [1.82, 2.24) is 9.55 Å². The van der Waals surface area contributed by atoms with Crippen molar-refractivity contribution in [3.05, 3.63) is 57.4 Å². The van der Waals surface area contributed by atoms with Gasteiger partial charge in [0.15, 0.2) is 0 Å². The second-order valence-electron chi connectivity index (χ2n) is 5.30. The molecule has 9 heteroatoms. The Bertz CT molecular complexity index is 810. The third kappa shape index (κ3) is 3.94. The summed E-state index contributed by atoms with van der Waals surface area (Å²) in [4.78, 5) is 26.5. The quantitative estimate of drug-likeness (QED) is 0.291. The van der Waals surface area contributed by atoms with Gasteiger partial charge in [0.2, 0.25) is 0 Å². The van der Waals surface area contributed by atoms with Crippen LogP contribution in [-0.2, 0) is 8.92 Å². The molecule has 0 saturated carbocycles. The molecule has 0 radical (unpaired) electrons. The van der Waals surface area contributed by atoms with E-state index in [0.29, 0.717) is 3.61 Å². The molecule has 0 aliphatic carbocycles. The Labute approximate surface area is 153 Å². The molecule has 1 aromatic heterocycles. The third-order valence-electron chi connectivity index (χ3n) is 3.66. The fraction of sp³-hybridized carbons (Fsp3) is 0.333. The summed E-state index contributed by atoms with van der Waals surface area (Å²) < 4.78 is 13.4. The molecular formula is C15H16N2O5STe. The van der Waals surface area contributed by atoms with Gasteiger partial charge in [-0.05, 0) is 0 Å². The van der Waals surface area contributed by atoms with Gasteiger partial charge in [0.05, 0.1) is 0 Å². The van der Waals surface area contributed by atoms with Crippen LogP contribution in [0.1, 0.15) is 12.6 Å². The average Bonchev–Trinajstić information content (AvgIpc) is 2.92. The summed E-state index contributed by atoms with van der Waals surface area (Å²) in [6, 6.07) is 9.69. The van der Waals surface area contributed by atoms with Crippen LogP contribution < -0.4 is 18.5 Å². The van der Waals surface area contributed by atoms with Crippen molar-refractivity contribution in [3.8, 4) is 0 Å². The van der Waals surface area contributed by atoms with E-state index in [1.807, 2.05) is 30.3 Å². The number of aromatic amines is 1. The number of nitrogens with zero attached hydrogens (tertiary/aromatic N) is 1. The summed E-state index contributed by atoms with van der Waals surface area (Å²) in [5, 5.41) is 9.98. The van der Waals surface area contributed by atoms with Crippen molar-refractivity contribution in [2.75, 3.05) is 6.61 Å². The van der Waals surface area contributed by atoms with Crippen LogP contribution in [0.25, 0.3) is 0 Å². The first-order valence-electron chi connectivity index (χ1n) is 7.26. The van der Waals surface area contributed by atoms with Crippen molar-refractivity contribution in [2.24, 2.45) is 0 Å². The number of hydrogen-bond acceptors (Lipinski definition) is 6. The normalized spacial score (nSPS) is 23.5. The van der Waals surface area contributed by atoms with E-state index in [1.165, 1.54) is 4.57 Å². The SMILES string of the molecule is O=c1[nH]c(=O)n(C2CC(O)C(COS)O2)cc1[Te]c1ccccc1. The van der Waals surface area contributed by atoms with Gasteiger partial charge in [0.1, 0.15) is 0 Å². The van der Waals surface area contributed by atoms with Gasteiger partial charge in [-0.1, -0.05) is 0 Å². The zero-order valence-corrected chi connectivity index (χ0v) is 15.7. The molecule has 1 fully saturated rings. The van der Waals surface area contributed by atoms with Crippen molar-refractivity contribution in [1.29, 1.82) is 0 Å². The standard InChI is InChI=1S/C15H16N2O5STe/c18-10-6-13(22-11(10)8-21-23)17-7-12(14(19)16-15(17)20)24-9-4-2-1-3-5-9/h1-5,7,10-11,13,18,23H,6,8H2,(H,16,19,20). The summed E-state index contributed by atoms with van der Waals surface area (Å²) in [6.45, 7) is 0.115. The maximum absolute atomic E-state index is 12.1. The molecule has 24 heavy (non-hydrogen) atoms. The van der Waals surface area contributed by atoms with Crippen molar-refractivity contribution in [3.63, 3.8) is 0 Å². The predicted molar refractivity (Wildman–Crippen MR) is 92.3 cm³/mol. The van der Waals surface area contributed by atoms with Crippen LogP contribution in [0.2, 0.25) is 0 Å². The minimum absolute atomic E-state index is 0.115. The van der Waals surface area contributed by atoms with E-state index < -0.39 is 45.0 Å². The molecule has 3 rings (SSSR count). The fourth-order valence-electron chi connectivity index (χ4n) is 2.48. The van der Waals surface area contributed by atoms with Crippen molar-refractivity contribution < 1.29 is 14.0 Å². The van der Waals surface area contributed by atoms with E-state index >= 15 is 0 Å². The molecule has 3 unspecified atom stereocenters. The molecule has 2 N–H and O–H groups in total. The molecule has 1 aromatic carbocycles. The van der Waals surface area contributed by atoms with Crippen molar-refractivity contribution in [2.45, 2.75) is 24.9 Å². The topological polar surface area (TPSA) is 93.6 Å². The second-order valence-corrected chi connectivity index (χ2v) is 8.74. The maximum atomic E-state index is 12.1. The van der Waals surface area contributed by atoms with Gasteiger partial charge < -0.3 is 0 Å². The third-order valence-corrected chi connectivity index (χ3v) is 6.72. The molecule has 1 aliphatic rings. The second kappa shape index (κ2) is 7.87. The first-order chi connectivity index (χ1) is 11.6. The first kappa shape index (κ1) is 17.7. The molecule has 0 amide bonds. The molecule has 1 saturated heterocycles. The zero-order chi connectivity index (χ0) is 17.1. The Morgan fingerprint density at radius 3 is 2.83 bits per heavy atom. The van der Waals surface area contributed by atoms with E-state index in [9.17, 15) is 14.7 Å². The number of H-pyrrole nitrogens is 1. The Morgan fingerprint density at radius 2 is 2.12 bits per heavy atom. The molecule has 0 bridgehead atoms. The number of benzene rings is 1. The van der Waals surface area contributed by atoms with Gasteiger partial charge in [-0.15, -0.1) is 0 Å². The van der Waals surface area contributed by atoms with Gasteiger partial charge in [-0.25, -0.2) is 0 Å². The number of thiol groups is 1. The average molecular weight is 464 g/mol. The number of rotatable bonds is 5. The molecular weight excluding hydrogens is 448 g/mol. The van der Waals surface area contributed by atoms with Crippen LogP contribution in [0, 0.1) is 0 Å². The first-order valence-corrected chi connectivity index (χ1v) is 9.96. The summed E-state index contributed by atoms with van der Waals surface area (Å²) in [7, 11) is 0. The molecule has 2 aromatic rings. The van der Waals surface area contributed by atoms with Crippen LogP contribution in [0.3, 0.4) is 0 Å². The predicted octanol–water partition coefficient (Wildman–Crippen LogP) is -1.30. The Kier molecular flexibility index (Phi) is 5.81. The molecule has 2 heterocycles. The van der Waals surface area contributed by atoms with Crippen molar-refractivity contribution >= 4 is 41.1 Å². The van der Waals surface area contributed by atoms with E-state index in [-0.39, 0.29) is 18.6 Å². The van der Waals surface area contributed by atoms with Gasteiger partial charge in [0, 0.05) is 0 Å². The molecule has 7 nitrogen and oxygen atoms in total. The van der Waals surface area contributed by atoms with Gasteiger partial charge in [0.25, 0.3) is 0 Å². The summed E-state index contributed by atoms with van der Waals surface area (Å²) >= 11 is 2.73. The number of aromatic nitrogens is 2. The summed E-state index contributed by atoms with van der Waals surface area (Å²) in [5.74, 6) is 0. The van der Waals surface area contributed by atoms with E-state index in [2.05, 4.69) is 17.9 Å². The van der Waals surface area contributed by atoms with Gasteiger partial charge in [-0.2, -0.15) is 0 Å². The number of hydrogen-bond donors (Lipinski definition) is 3. The molecule has 3 atom stereocenters. The van der Waals surface area contributed by atoms with Crippen LogP contribution >= 0.6 is 12.9 Å². The molecule has 128 valence electrons. The minimum atomic E-state index is -0.931. The van der Waals surface area contributed by atoms with E-state index in [4.69, 9.17) is 8.92 Å². The number of ether oxygens (including phenoxy) is 1. The van der Waals surface area contributed by atoms with E-state index in [1.54, 1.807) is 6.20 Å². The number of nitrogens with one attached hydrogen (secondary N) is 1. The Hall–Kier alpha value is -1.08. The van der Waals surface area contributed by atoms with Gasteiger partial charge >= 0.3 is 153 Å². The monoisotopic (exact) mass is 466 g/mol. The van der Waals surface area contributed by atoms with Crippen LogP contribution in [0.5, 0.6) is 0 Å². The van der Waals surface area contributed by atoms with Crippen LogP contribution in [-0.4, -0.2) is 54.4 Å². The van der Waals surface area contributed by atoms with Crippen LogP contribution in [0.4, 0.5) is 0 Å². The van der Waals surface area contributed by atoms with E-state index in [0.717, 1.165) is 3.61 Å². The number of aliphatic hydroxyl groups is 1. The van der Waals surface area contributed by atoms with Gasteiger partial charge in [-0.3, -0.25) is 0 Å². The number of aliphatic hydroxyl groups excluding tert-OH is 1. The molecule has 0 spiro atoms. The summed E-state index contributed by atoms with van der Waals surface area (Å²) in [5.41, 5.74) is -0.912. The summed E-state index contributed by atoms with van der Waals surface area (Å²) in [6.07, 6.45) is -0.146.